The smallest absolute Gasteiger partial charge is 0.264 e. The third-order valence-corrected chi connectivity index (χ3v) is 2.22. The molecule has 0 amide bonds. The predicted molar refractivity (Wildman–Crippen MR) is 50.6 cm³/mol. The van der Waals surface area contributed by atoms with Crippen LogP contribution in [0.3, 0.4) is 0 Å². The van der Waals surface area contributed by atoms with Gasteiger partial charge in [0.2, 0.25) is 0 Å². The van der Waals surface area contributed by atoms with Crippen molar-refractivity contribution in [3.8, 4) is 5.75 Å². The summed E-state index contributed by atoms with van der Waals surface area (Å²) >= 11 is 0. The Kier molecular flexibility index (Phi) is 3.91. The molecule has 14 heavy (non-hydrogen) atoms. The van der Waals surface area contributed by atoms with Crippen molar-refractivity contribution in [2.75, 3.05) is 12.4 Å². The minimum absolute atomic E-state index is 0.219. The Morgan fingerprint density at radius 2 is 2.00 bits per heavy atom. The van der Waals surface area contributed by atoms with E-state index in [4.69, 9.17) is 9.29 Å². The second-order valence-electron chi connectivity index (χ2n) is 2.63. The molecular weight excluding hydrogens is 204 g/mol. The zero-order valence-corrected chi connectivity index (χ0v) is 8.25. The first kappa shape index (κ1) is 11.0. The number of hydrogen-bond acceptors (Lipinski definition) is 3. The van der Waals surface area contributed by atoms with Crippen LogP contribution < -0.4 is 4.74 Å². The molecule has 0 fully saturated rings. The van der Waals surface area contributed by atoms with Gasteiger partial charge >= 0.3 is 0 Å². The van der Waals surface area contributed by atoms with Gasteiger partial charge in [0, 0.05) is 12.1 Å². The molecule has 0 aromatic heterocycles. The number of para-hydroxylation sites is 1. The number of rotatable bonds is 5. The first-order chi connectivity index (χ1) is 6.58. The highest BCUT2D eigenvalue weighted by Gasteiger charge is 2.03. The zero-order valence-electron chi connectivity index (χ0n) is 7.43. The molecule has 1 aromatic rings. The normalized spacial score (nSPS) is 11.2. The van der Waals surface area contributed by atoms with E-state index < -0.39 is 10.1 Å². The summed E-state index contributed by atoms with van der Waals surface area (Å²) in [4.78, 5) is 0. The molecule has 1 rings (SSSR count). The van der Waals surface area contributed by atoms with Crippen LogP contribution in [-0.2, 0) is 10.1 Å². The van der Waals surface area contributed by atoms with E-state index >= 15 is 0 Å². The molecule has 0 saturated heterocycles. The lowest BCUT2D eigenvalue weighted by atomic mass is 10.3. The highest BCUT2D eigenvalue weighted by molar-refractivity contribution is 7.85. The van der Waals surface area contributed by atoms with Crippen LogP contribution in [0.25, 0.3) is 0 Å². The molecule has 0 aliphatic heterocycles. The molecule has 76 valence electrons. The standard InChI is InChI=1S/C9H10O4S/c10-14(11,12)8-4-7-13-9-5-2-1-3-6-9/h1-3H,4,7-8H2,(H,10,11,12). The maximum absolute atomic E-state index is 10.3. The van der Waals surface area contributed by atoms with Crippen molar-refractivity contribution in [2.45, 2.75) is 6.42 Å². The second kappa shape index (κ2) is 4.97. The Hall–Kier alpha value is -1.07. The van der Waals surface area contributed by atoms with Crippen LogP contribution in [0.15, 0.2) is 18.2 Å². The molecule has 1 aromatic carbocycles. The molecule has 0 aliphatic carbocycles. The quantitative estimate of drug-likeness (QED) is 0.585. The summed E-state index contributed by atoms with van der Waals surface area (Å²) in [6, 6.07) is 10.7. The average molecular weight is 214 g/mol. The van der Waals surface area contributed by atoms with Crippen molar-refractivity contribution in [1.29, 1.82) is 0 Å². The number of ether oxygens (including phenoxy) is 1. The van der Waals surface area contributed by atoms with Crippen molar-refractivity contribution >= 4 is 10.1 Å². The number of hydrogen-bond donors (Lipinski definition) is 1. The van der Waals surface area contributed by atoms with Crippen LogP contribution in [0.5, 0.6) is 5.75 Å². The molecular formula is C9H10O4S. The Balaban J connectivity index is 2.23. The van der Waals surface area contributed by atoms with Crippen LogP contribution in [0.2, 0.25) is 0 Å². The van der Waals surface area contributed by atoms with Crippen LogP contribution >= 0.6 is 0 Å². The van der Waals surface area contributed by atoms with E-state index in [0.717, 1.165) is 0 Å². The topological polar surface area (TPSA) is 63.6 Å². The van der Waals surface area contributed by atoms with Crippen molar-refractivity contribution in [2.24, 2.45) is 0 Å². The van der Waals surface area contributed by atoms with E-state index in [1.807, 2.05) is 0 Å². The Bertz CT molecular complexity index is 358. The van der Waals surface area contributed by atoms with E-state index in [-0.39, 0.29) is 18.8 Å². The van der Waals surface area contributed by atoms with Crippen LogP contribution in [0.1, 0.15) is 6.42 Å². The molecule has 0 unspecified atom stereocenters. The van der Waals surface area contributed by atoms with Gasteiger partial charge in [-0.1, -0.05) is 18.2 Å². The summed E-state index contributed by atoms with van der Waals surface area (Å²) in [5, 5.41) is 0. The maximum Gasteiger partial charge on any atom is 0.264 e. The minimum atomic E-state index is -3.88. The van der Waals surface area contributed by atoms with Crippen LogP contribution in [0.4, 0.5) is 0 Å². The third kappa shape index (κ3) is 4.84. The molecule has 5 heteroatoms. The molecule has 0 atom stereocenters. The van der Waals surface area contributed by atoms with Crippen molar-refractivity contribution in [1.82, 2.24) is 0 Å². The van der Waals surface area contributed by atoms with Gasteiger partial charge in [-0.2, -0.15) is 8.42 Å². The van der Waals surface area contributed by atoms with Gasteiger partial charge in [-0.15, -0.1) is 0 Å². The Morgan fingerprint density at radius 3 is 2.57 bits per heavy atom. The lowest BCUT2D eigenvalue weighted by Gasteiger charge is -2.03. The number of benzene rings is 1. The average Bonchev–Trinajstić information content (AvgIpc) is 2.13. The maximum atomic E-state index is 10.3. The molecule has 0 bridgehead atoms. The summed E-state index contributed by atoms with van der Waals surface area (Å²) < 4.78 is 34.2. The lowest BCUT2D eigenvalue weighted by molar-refractivity contribution is 0.315. The van der Waals surface area contributed by atoms with E-state index in [0.29, 0.717) is 5.75 Å². The molecule has 0 spiro atoms. The first-order valence-corrected chi connectivity index (χ1v) is 5.65. The van der Waals surface area contributed by atoms with E-state index in [9.17, 15) is 8.42 Å². The van der Waals surface area contributed by atoms with Crippen LogP contribution in [-0.4, -0.2) is 25.3 Å². The van der Waals surface area contributed by atoms with Crippen molar-refractivity contribution < 1.29 is 17.7 Å². The highest BCUT2D eigenvalue weighted by Crippen LogP contribution is 2.06. The zero-order chi connectivity index (χ0) is 10.4. The van der Waals surface area contributed by atoms with Gasteiger partial charge in [-0.25, -0.2) is 0 Å². The fourth-order valence-corrected chi connectivity index (χ4v) is 1.32. The molecule has 4 nitrogen and oxygen atoms in total. The van der Waals surface area contributed by atoms with Gasteiger partial charge in [0.25, 0.3) is 10.1 Å². The molecule has 1 N–H and O–H groups in total. The van der Waals surface area contributed by atoms with Crippen molar-refractivity contribution in [3.05, 3.63) is 30.3 Å². The van der Waals surface area contributed by atoms with Gasteiger partial charge in [-0.05, 0) is 6.42 Å². The van der Waals surface area contributed by atoms with E-state index in [1.165, 1.54) is 0 Å². The molecule has 0 heterocycles. The van der Waals surface area contributed by atoms with Gasteiger partial charge in [-0.3, -0.25) is 4.55 Å². The largest absolute Gasteiger partial charge is 0.492 e. The SMILES string of the molecule is O=S(=O)(O)CCCOc1[c]ccc[c]1. The predicted octanol–water partition coefficient (Wildman–Crippen LogP) is 0.944. The van der Waals surface area contributed by atoms with E-state index in [1.54, 1.807) is 18.2 Å². The van der Waals surface area contributed by atoms with Gasteiger partial charge in [0.05, 0.1) is 12.4 Å². The summed E-state index contributed by atoms with van der Waals surface area (Å²) in [6.07, 6.45) is 0.245. The fourth-order valence-electron chi connectivity index (χ4n) is 0.836. The van der Waals surface area contributed by atoms with E-state index in [2.05, 4.69) is 12.1 Å². The Labute approximate surface area is 83.3 Å². The van der Waals surface area contributed by atoms with Gasteiger partial charge in [0.15, 0.2) is 0 Å². The Morgan fingerprint density at radius 1 is 1.36 bits per heavy atom. The molecule has 0 saturated carbocycles. The summed E-state index contributed by atoms with van der Waals surface area (Å²) in [7, 11) is -3.88. The second-order valence-corrected chi connectivity index (χ2v) is 4.20. The summed E-state index contributed by atoms with van der Waals surface area (Å²) in [5.41, 5.74) is 0. The molecule has 0 aliphatic rings. The summed E-state index contributed by atoms with van der Waals surface area (Å²) in [5.74, 6) is 0.155. The van der Waals surface area contributed by atoms with Crippen LogP contribution in [0, 0.1) is 12.1 Å². The lowest BCUT2D eigenvalue weighted by Crippen LogP contribution is -2.08. The van der Waals surface area contributed by atoms with Gasteiger partial charge < -0.3 is 4.74 Å². The minimum Gasteiger partial charge on any atom is -0.492 e. The molecule has 2 radical (unpaired) electrons. The monoisotopic (exact) mass is 214 g/mol. The first-order valence-electron chi connectivity index (χ1n) is 4.04. The summed E-state index contributed by atoms with van der Waals surface area (Å²) in [6.45, 7) is 0.219. The van der Waals surface area contributed by atoms with Crippen molar-refractivity contribution in [3.63, 3.8) is 0 Å². The van der Waals surface area contributed by atoms with Gasteiger partial charge in [0.1, 0.15) is 5.75 Å². The third-order valence-electron chi connectivity index (χ3n) is 1.41. The fraction of sp³-hybridized carbons (Fsp3) is 0.333. The highest BCUT2D eigenvalue weighted by atomic mass is 32.2.